The number of carboxylic acid groups (broad SMARTS) is 1. The summed E-state index contributed by atoms with van der Waals surface area (Å²) >= 11 is 0. The summed E-state index contributed by atoms with van der Waals surface area (Å²) in [5, 5.41) is 12.2. The van der Waals surface area contributed by atoms with Crippen LogP contribution in [-0.2, 0) is 17.6 Å². The first-order valence-corrected chi connectivity index (χ1v) is 7.74. The lowest BCUT2D eigenvalue weighted by Crippen LogP contribution is -2.37. The number of hydrogen-bond acceptors (Lipinski definition) is 2. The minimum absolute atomic E-state index is 0.0434. The van der Waals surface area contributed by atoms with Crippen molar-refractivity contribution in [1.29, 1.82) is 0 Å². The number of rotatable bonds is 7. The van der Waals surface area contributed by atoms with Crippen LogP contribution in [0.15, 0.2) is 54.6 Å². The van der Waals surface area contributed by atoms with Crippen LogP contribution >= 0.6 is 0 Å². The molecule has 1 atom stereocenters. The Kier molecular flexibility index (Phi) is 5.92. The average molecular weight is 311 g/mol. The van der Waals surface area contributed by atoms with Crippen LogP contribution in [0.2, 0.25) is 0 Å². The van der Waals surface area contributed by atoms with Crippen molar-refractivity contribution in [3.05, 3.63) is 71.3 Å². The fourth-order valence-electron chi connectivity index (χ4n) is 2.53. The molecule has 2 aromatic carbocycles. The summed E-state index contributed by atoms with van der Waals surface area (Å²) in [4.78, 5) is 23.4. The van der Waals surface area contributed by atoms with Crippen LogP contribution in [0.5, 0.6) is 0 Å². The minimum atomic E-state index is -1.01. The van der Waals surface area contributed by atoms with Crippen molar-refractivity contribution in [2.45, 2.75) is 32.2 Å². The predicted octanol–water partition coefficient (Wildman–Crippen LogP) is 3.06. The fourth-order valence-corrected chi connectivity index (χ4v) is 2.53. The average Bonchev–Trinajstić information content (AvgIpc) is 2.55. The summed E-state index contributed by atoms with van der Waals surface area (Å²) in [5.74, 6) is -1.16. The highest BCUT2D eigenvalue weighted by Crippen LogP contribution is 2.11. The number of benzene rings is 2. The van der Waals surface area contributed by atoms with E-state index in [2.05, 4.69) is 5.32 Å². The Morgan fingerprint density at radius 2 is 1.70 bits per heavy atom. The van der Waals surface area contributed by atoms with Gasteiger partial charge in [-0.2, -0.15) is 0 Å². The molecule has 0 heterocycles. The van der Waals surface area contributed by atoms with E-state index in [-0.39, 0.29) is 23.9 Å². The monoisotopic (exact) mass is 311 g/mol. The number of aromatic carboxylic acids is 1. The normalized spacial score (nSPS) is 11.7. The Bertz CT molecular complexity index is 667. The molecule has 0 aliphatic heterocycles. The second kappa shape index (κ2) is 8.13. The van der Waals surface area contributed by atoms with Gasteiger partial charge in [-0.15, -0.1) is 0 Å². The van der Waals surface area contributed by atoms with Crippen LogP contribution in [0.3, 0.4) is 0 Å². The molecule has 0 aliphatic carbocycles. The zero-order valence-electron chi connectivity index (χ0n) is 13.2. The lowest BCUT2D eigenvalue weighted by Gasteiger charge is -2.17. The number of amides is 1. The number of hydrogen-bond donors (Lipinski definition) is 2. The summed E-state index contributed by atoms with van der Waals surface area (Å²) < 4.78 is 0. The summed E-state index contributed by atoms with van der Waals surface area (Å²) in [6.07, 6.45) is 1.67. The Labute approximate surface area is 136 Å². The summed E-state index contributed by atoms with van der Waals surface area (Å²) in [5.41, 5.74) is 1.89. The van der Waals surface area contributed by atoms with Crippen molar-refractivity contribution < 1.29 is 14.7 Å². The van der Waals surface area contributed by atoms with Gasteiger partial charge in [-0.25, -0.2) is 4.79 Å². The van der Waals surface area contributed by atoms with E-state index >= 15 is 0 Å². The highest BCUT2D eigenvalue weighted by molar-refractivity contribution is 5.91. The molecule has 0 radical (unpaired) electrons. The smallest absolute Gasteiger partial charge is 0.335 e. The highest BCUT2D eigenvalue weighted by Gasteiger charge is 2.15. The maximum atomic E-state index is 12.2. The Hall–Kier alpha value is -2.62. The van der Waals surface area contributed by atoms with Crippen molar-refractivity contribution in [1.82, 2.24) is 5.32 Å². The van der Waals surface area contributed by atoms with Crippen LogP contribution < -0.4 is 5.32 Å². The second-order valence-corrected chi connectivity index (χ2v) is 5.50. The van der Waals surface area contributed by atoms with Gasteiger partial charge in [-0.05, 0) is 30.0 Å². The van der Waals surface area contributed by atoms with Crippen molar-refractivity contribution >= 4 is 11.9 Å². The van der Waals surface area contributed by atoms with Gasteiger partial charge in [0.25, 0.3) is 0 Å². The van der Waals surface area contributed by atoms with Gasteiger partial charge in [0.05, 0.1) is 12.0 Å². The van der Waals surface area contributed by atoms with Gasteiger partial charge >= 0.3 is 5.97 Å². The largest absolute Gasteiger partial charge is 0.478 e. The highest BCUT2D eigenvalue weighted by atomic mass is 16.4. The topological polar surface area (TPSA) is 66.4 Å². The molecule has 2 N–H and O–H groups in total. The summed E-state index contributed by atoms with van der Waals surface area (Å²) in [6.45, 7) is 2.03. The third-order valence-electron chi connectivity index (χ3n) is 3.78. The first-order chi connectivity index (χ1) is 11.1. The van der Waals surface area contributed by atoms with Crippen molar-refractivity contribution in [2.75, 3.05) is 0 Å². The standard InChI is InChI=1S/C19H21NO3/c1-2-16(12-14-8-4-3-5-9-14)20-18(21)13-15-10-6-7-11-17(15)19(22)23/h3-11,16H,2,12-13H2,1H3,(H,20,21)(H,22,23). The lowest BCUT2D eigenvalue weighted by atomic mass is 10.0. The van der Waals surface area contributed by atoms with E-state index in [0.29, 0.717) is 5.56 Å². The SMILES string of the molecule is CCC(Cc1ccccc1)NC(=O)Cc1ccccc1C(=O)O. The van der Waals surface area contributed by atoms with Crippen LogP contribution in [0, 0.1) is 0 Å². The van der Waals surface area contributed by atoms with Crippen LogP contribution in [0.1, 0.15) is 34.8 Å². The first-order valence-electron chi connectivity index (χ1n) is 7.74. The lowest BCUT2D eigenvalue weighted by molar-refractivity contribution is -0.121. The number of carbonyl (C=O) groups is 2. The van der Waals surface area contributed by atoms with Gasteiger partial charge in [-0.3, -0.25) is 4.79 Å². The van der Waals surface area contributed by atoms with Gasteiger partial charge in [0.15, 0.2) is 0 Å². The third-order valence-corrected chi connectivity index (χ3v) is 3.78. The quantitative estimate of drug-likeness (QED) is 0.826. The molecular weight excluding hydrogens is 290 g/mol. The van der Waals surface area contributed by atoms with Gasteiger partial charge in [0, 0.05) is 6.04 Å². The molecule has 2 aromatic rings. The third kappa shape index (κ3) is 4.95. The van der Waals surface area contributed by atoms with Gasteiger partial charge < -0.3 is 10.4 Å². The molecule has 23 heavy (non-hydrogen) atoms. The summed E-state index contributed by atoms with van der Waals surface area (Å²) in [7, 11) is 0. The molecule has 0 bridgehead atoms. The number of carboxylic acids is 1. The molecule has 120 valence electrons. The first kappa shape index (κ1) is 16.7. The van der Waals surface area contributed by atoms with Crippen molar-refractivity contribution in [2.24, 2.45) is 0 Å². The van der Waals surface area contributed by atoms with Crippen LogP contribution in [0.25, 0.3) is 0 Å². The molecule has 4 nitrogen and oxygen atoms in total. The molecule has 1 unspecified atom stereocenters. The molecule has 0 saturated heterocycles. The molecule has 0 fully saturated rings. The number of carbonyl (C=O) groups excluding carboxylic acids is 1. The van der Waals surface area contributed by atoms with Gasteiger partial charge in [0.1, 0.15) is 0 Å². The van der Waals surface area contributed by atoms with E-state index in [9.17, 15) is 9.59 Å². The van der Waals surface area contributed by atoms with E-state index in [1.165, 1.54) is 11.6 Å². The molecule has 0 aliphatic rings. The van der Waals surface area contributed by atoms with E-state index in [0.717, 1.165) is 12.8 Å². The second-order valence-electron chi connectivity index (χ2n) is 5.50. The van der Waals surface area contributed by atoms with Crippen molar-refractivity contribution in [3.8, 4) is 0 Å². The van der Waals surface area contributed by atoms with Crippen molar-refractivity contribution in [3.63, 3.8) is 0 Å². The summed E-state index contributed by atoms with van der Waals surface area (Å²) in [6, 6.07) is 16.6. The molecule has 0 saturated carbocycles. The van der Waals surface area contributed by atoms with Crippen LogP contribution in [-0.4, -0.2) is 23.0 Å². The Morgan fingerprint density at radius 3 is 2.35 bits per heavy atom. The predicted molar refractivity (Wildman–Crippen MR) is 89.5 cm³/mol. The maximum Gasteiger partial charge on any atom is 0.335 e. The maximum absolute atomic E-state index is 12.2. The van der Waals surface area contributed by atoms with Gasteiger partial charge in [0.2, 0.25) is 5.91 Å². The minimum Gasteiger partial charge on any atom is -0.478 e. The molecule has 4 heteroatoms. The molecule has 1 amide bonds. The molecular formula is C19H21NO3. The Morgan fingerprint density at radius 1 is 1.04 bits per heavy atom. The molecule has 0 aromatic heterocycles. The molecule has 2 rings (SSSR count). The van der Waals surface area contributed by atoms with Gasteiger partial charge in [-0.1, -0.05) is 55.5 Å². The zero-order chi connectivity index (χ0) is 16.7. The zero-order valence-corrected chi connectivity index (χ0v) is 13.2. The van der Waals surface area contributed by atoms with E-state index < -0.39 is 5.97 Å². The van der Waals surface area contributed by atoms with E-state index in [1.807, 2.05) is 37.3 Å². The molecule has 0 spiro atoms. The van der Waals surface area contributed by atoms with E-state index in [4.69, 9.17) is 5.11 Å². The van der Waals surface area contributed by atoms with Crippen LogP contribution in [0.4, 0.5) is 0 Å². The Balaban J connectivity index is 1.99. The van der Waals surface area contributed by atoms with E-state index in [1.54, 1.807) is 18.2 Å². The number of nitrogens with one attached hydrogen (secondary N) is 1. The fraction of sp³-hybridized carbons (Fsp3) is 0.263.